The molecule has 3 aromatic rings. The molecule has 1 saturated heterocycles. The number of nitrogens with zero attached hydrogens (tertiary/aromatic N) is 1. The smallest absolute Gasteiger partial charge is 0.255 e. The fourth-order valence-electron chi connectivity index (χ4n) is 3.49. The second kappa shape index (κ2) is 8.57. The highest BCUT2D eigenvalue weighted by Crippen LogP contribution is 2.42. The number of carbonyl (C=O) groups is 2. The van der Waals surface area contributed by atoms with E-state index >= 15 is 0 Å². The zero-order chi connectivity index (χ0) is 20.2. The number of hydrogen-bond donors (Lipinski definition) is 1. The van der Waals surface area contributed by atoms with Gasteiger partial charge < -0.3 is 14.6 Å². The quantitative estimate of drug-likeness (QED) is 0.682. The van der Waals surface area contributed by atoms with Crippen molar-refractivity contribution in [3.05, 3.63) is 95.9 Å². The summed E-state index contributed by atoms with van der Waals surface area (Å²) in [6.45, 7) is 1.95. The highest BCUT2D eigenvalue weighted by atomic mass is 32.2. The molecule has 3 unspecified atom stereocenters. The molecule has 5 nitrogen and oxygen atoms in total. The second-order valence-electron chi connectivity index (χ2n) is 6.98. The van der Waals surface area contributed by atoms with Crippen molar-refractivity contribution >= 4 is 23.6 Å². The van der Waals surface area contributed by atoms with Crippen LogP contribution in [0, 0.1) is 0 Å². The highest BCUT2D eigenvalue weighted by Gasteiger charge is 2.43. The molecular weight excluding hydrogens is 384 g/mol. The average molecular weight is 407 g/mol. The number of nitrogens with one attached hydrogen (secondary N) is 1. The molecule has 29 heavy (non-hydrogen) atoms. The van der Waals surface area contributed by atoms with Crippen LogP contribution in [0.15, 0.2) is 83.7 Å². The SMILES string of the molecule is CC(NC(=O)C1CSC(c2ccoc2)N1C(=O)c1ccccc1)c1ccccc1. The zero-order valence-corrected chi connectivity index (χ0v) is 16.8. The maximum Gasteiger partial charge on any atom is 0.255 e. The van der Waals surface area contributed by atoms with Gasteiger partial charge in [0, 0.05) is 16.9 Å². The molecule has 148 valence electrons. The summed E-state index contributed by atoms with van der Waals surface area (Å²) in [6, 6.07) is 20.0. The van der Waals surface area contributed by atoms with Crippen molar-refractivity contribution in [1.82, 2.24) is 10.2 Å². The standard InChI is InChI=1S/C23H22N2O3S/c1-16(17-8-4-2-5-9-17)24-21(26)20-15-29-23(19-12-13-28-14-19)25(20)22(27)18-10-6-3-7-11-18/h2-14,16,20,23H,15H2,1H3,(H,24,26). The van der Waals surface area contributed by atoms with E-state index in [-0.39, 0.29) is 23.2 Å². The Morgan fingerprint density at radius 3 is 2.41 bits per heavy atom. The molecule has 2 amide bonds. The summed E-state index contributed by atoms with van der Waals surface area (Å²) in [7, 11) is 0. The lowest BCUT2D eigenvalue weighted by molar-refractivity contribution is -0.125. The molecule has 3 atom stereocenters. The number of rotatable bonds is 5. The predicted octanol–water partition coefficient (Wildman–Crippen LogP) is 4.41. The first-order valence-corrected chi connectivity index (χ1v) is 10.6. The minimum Gasteiger partial charge on any atom is -0.472 e. The van der Waals surface area contributed by atoms with Crippen LogP contribution in [-0.4, -0.2) is 28.5 Å². The van der Waals surface area contributed by atoms with Gasteiger partial charge in [0.2, 0.25) is 5.91 Å². The fraction of sp³-hybridized carbons (Fsp3) is 0.217. The number of amides is 2. The van der Waals surface area contributed by atoms with Crippen LogP contribution < -0.4 is 5.32 Å². The molecule has 2 heterocycles. The van der Waals surface area contributed by atoms with Crippen LogP contribution in [0.2, 0.25) is 0 Å². The van der Waals surface area contributed by atoms with Crippen molar-refractivity contribution < 1.29 is 14.0 Å². The molecule has 0 radical (unpaired) electrons. The molecule has 1 N–H and O–H groups in total. The van der Waals surface area contributed by atoms with Crippen LogP contribution in [0.3, 0.4) is 0 Å². The van der Waals surface area contributed by atoms with Crippen molar-refractivity contribution in [2.24, 2.45) is 0 Å². The summed E-state index contributed by atoms with van der Waals surface area (Å²) in [5, 5.41) is 2.81. The van der Waals surface area contributed by atoms with Crippen LogP contribution in [0.25, 0.3) is 0 Å². The van der Waals surface area contributed by atoms with E-state index in [9.17, 15) is 9.59 Å². The predicted molar refractivity (Wildman–Crippen MR) is 113 cm³/mol. The lowest BCUT2D eigenvalue weighted by atomic mass is 10.1. The molecule has 1 aromatic heterocycles. The molecule has 1 fully saturated rings. The summed E-state index contributed by atoms with van der Waals surface area (Å²) in [4.78, 5) is 28.2. The molecule has 0 bridgehead atoms. The van der Waals surface area contributed by atoms with E-state index in [0.29, 0.717) is 11.3 Å². The maximum atomic E-state index is 13.3. The Kier molecular flexibility index (Phi) is 5.71. The first kappa shape index (κ1) is 19.3. The van der Waals surface area contributed by atoms with E-state index in [1.807, 2.05) is 61.5 Å². The summed E-state index contributed by atoms with van der Waals surface area (Å²) in [5.74, 6) is 0.223. The summed E-state index contributed by atoms with van der Waals surface area (Å²) in [6.07, 6.45) is 3.22. The lowest BCUT2D eigenvalue weighted by Crippen LogP contribution is -2.48. The van der Waals surface area contributed by atoms with Gasteiger partial charge in [0.05, 0.1) is 18.6 Å². The minimum absolute atomic E-state index is 0.143. The van der Waals surface area contributed by atoms with E-state index in [1.54, 1.807) is 41.3 Å². The van der Waals surface area contributed by atoms with Crippen molar-refractivity contribution in [2.45, 2.75) is 24.4 Å². The van der Waals surface area contributed by atoms with Crippen molar-refractivity contribution in [1.29, 1.82) is 0 Å². The van der Waals surface area contributed by atoms with Gasteiger partial charge in [-0.05, 0) is 30.7 Å². The van der Waals surface area contributed by atoms with Gasteiger partial charge in [-0.15, -0.1) is 11.8 Å². The average Bonchev–Trinajstić information content (AvgIpc) is 3.44. The zero-order valence-electron chi connectivity index (χ0n) is 16.0. The number of carbonyl (C=O) groups excluding carboxylic acids is 2. The lowest BCUT2D eigenvalue weighted by Gasteiger charge is -2.29. The van der Waals surface area contributed by atoms with Gasteiger partial charge in [0.15, 0.2) is 0 Å². The Bertz CT molecular complexity index is 960. The van der Waals surface area contributed by atoms with Crippen molar-refractivity contribution in [2.75, 3.05) is 5.75 Å². The van der Waals surface area contributed by atoms with E-state index in [2.05, 4.69) is 5.32 Å². The van der Waals surface area contributed by atoms with E-state index in [4.69, 9.17) is 4.42 Å². The van der Waals surface area contributed by atoms with Crippen LogP contribution in [0.1, 0.15) is 39.8 Å². The number of benzene rings is 2. The summed E-state index contributed by atoms with van der Waals surface area (Å²) >= 11 is 1.57. The number of furan rings is 1. The second-order valence-corrected chi connectivity index (χ2v) is 8.09. The summed E-state index contributed by atoms with van der Waals surface area (Å²) in [5.41, 5.74) is 2.47. The molecule has 1 aliphatic rings. The molecule has 0 aliphatic carbocycles. The van der Waals surface area contributed by atoms with Gasteiger partial charge in [-0.25, -0.2) is 0 Å². The minimum atomic E-state index is -0.557. The number of thioether (sulfide) groups is 1. The Balaban J connectivity index is 1.59. The van der Waals surface area contributed by atoms with Crippen LogP contribution >= 0.6 is 11.8 Å². The normalized spacial score (nSPS) is 19.7. The van der Waals surface area contributed by atoms with Gasteiger partial charge in [-0.3, -0.25) is 9.59 Å². The molecule has 0 saturated carbocycles. The topological polar surface area (TPSA) is 62.6 Å². The monoisotopic (exact) mass is 406 g/mol. The van der Waals surface area contributed by atoms with Gasteiger partial charge in [-0.1, -0.05) is 48.5 Å². The van der Waals surface area contributed by atoms with Gasteiger partial charge in [0.25, 0.3) is 5.91 Å². The van der Waals surface area contributed by atoms with Gasteiger partial charge >= 0.3 is 0 Å². The molecule has 2 aromatic carbocycles. The third kappa shape index (κ3) is 4.07. The van der Waals surface area contributed by atoms with E-state index in [1.165, 1.54) is 0 Å². The van der Waals surface area contributed by atoms with E-state index in [0.717, 1.165) is 11.1 Å². The molecular formula is C23H22N2O3S. The van der Waals surface area contributed by atoms with Gasteiger partial charge in [0.1, 0.15) is 11.4 Å². The van der Waals surface area contributed by atoms with Gasteiger partial charge in [-0.2, -0.15) is 0 Å². The third-order valence-electron chi connectivity index (χ3n) is 5.04. The highest BCUT2D eigenvalue weighted by molar-refractivity contribution is 7.99. The van der Waals surface area contributed by atoms with Crippen molar-refractivity contribution in [3.8, 4) is 0 Å². The molecule has 6 heteroatoms. The molecule has 0 spiro atoms. The van der Waals surface area contributed by atoms with Crippen LogP contribution in [0.4, 0.5) is 0 Å². The summed E-state index contributed by atoms with van der Waals surface area (Å²) < 4.78 is 5.23. The number of hydrogen-bond acceptors (Lipinski definition) is 4. The first-order valence-electron chi connectivity index (χ1n) is 9.52. The fourth-order valence-corrected chi connectivity index (χ4v) is 4.90. The van der Waals surface area contributed by atoms with Crippen LogP contribution in [-0.2, 0) is 4.79 Å². The Morgan fingerprint density at radius 1 is 1.07 bits per heavy atom. The third-order valence-corrected chi connectivity index (χ3v) is 6.37. The molecule has 4 rings (SSSR count). The Morgan fingerprint density at radius 2 is 1.76 bits per heavy atom. The molecule has 1 aliphatic heterocycles. The van der Waals surface area contributed by atoms with Crippen molar-refractivity contribution in [3.63, 3.8) is 0 Å². The largest absolute Gasteiger partial charge is 0.472 e. The van der Waals surface area contributed by atoms with E-state index < -0.39 is 6.04 Å². The maximum absolute atomic E-state index is 13.3. The first-order chi connectivity index (χ1) is 14.1. The Labute approximate surface area is 174 Å². The Hall–Kier alpha value is -2.99. The van der Waals surface area contributed by atoms with Crippen LogP contribution in [0.5, 0.6) is 0 Å².